The molecule has 1 heterocycles. The first-order valence-electron chi connectivity index (χ1n) is 8.00. The third kappa shape index (κ3) is 2.36. The molecule has 0 radical (unpaired) electrons. The second-order valence-corrected chi connectivity index (χ2v) is 6.60. The third-order valence-corrected chi connectivity index (χ3v) is 5.35. The molecule has 1 fully saturated rings. The van der Waals surface area contributed by atoms with Gasteiger partial charge < -0.3 is 5.32 Å². The van der Waals surface area contributed by atoms with Gasteiger partial charge in [-0.2, -0.15) is 13.2 Å². The molecule has 0 amide bonds. The largest absolute Gasteiger partial charge is 0.416 e. The topological polar surface area (TPSA) is 12.0 Å². The Labute approximate surface area is 133 Å². The van der Waals surface area contributed by atoms with Gasteiger partial charge in [0.25, 0.3) is 0 Å². The molecule has 2 aliphatic rings. The van der Waals surface area contributed by atoms with Gasteiger partial charge >= 0.3 is 6.18 Å². The summed E-state index contributed by atoms with van der Waals surface area (Å²) in [6.07, 6.45) is -3.13. The van der Waals surface area contributed by atoms with Crippen LogP contribution in [0.15, 0.2) is 42.5 Å². The number of halogens is 3. The molecule has 4 heteroatoms. The first-order chi connectivity index (χ1) is 10.9. The second-order valence-electron chi connectivity index (χ2n) is 6.60. The van der Waals surface area contributed by atoms with Gasteiger partial charge in [-0.25, -0.2) is 0 Å². The average molecular weight is 317 g/mol. The molecule has 0 saturated carbocycles. The van der Waals surface area contributed by atoms with Crippen LogP contribution in [-0.2, 0) is 6.18 Å². The Balaban J connectivity index is 1.71. The fraction of sp³-hybridized carbons (Fsp3) is 0.368. The number of fused-ring (bicyclic) bond motifs is 5. The SMILES string of the molecule is C[C@H]1C2CCNC1c1cc(-c3ccc(C(F)(F)F)cc3)ccc12. The lowest BCUT2D eigenvalue weighted by molar-refractivity contribution is -0.137. The Morgan fingerprint density at radius 1 is 0.957 bits per heavy atom. The number of piperidine rings is 1. The number of hydrogen-bond donors (Lipinski definition) is 1. The van der Waals surface area contributed by atoms with Crippen LogP contribution in [0.4, 0.5) is 13.2 Å². The Morgan fingerprint density at radius 3 is 2.35 bits per heavy atom. The van der Waals surface area contributed by atoms with E-state index in [0.29, 0.717) is 17.9 Å². The van der Waals surface area contributed by atoms with Crippen molar-refractivity contribution in [1.29, 1.82) is 0 Å². The van der Waals surface area contributed by atoms with Crippen molar-refractivity contribution in [3.05, 3.63) is 59.2 Å². The molecule has 2 aromatic carbocycles. The Morgan fingerprint density at radius 2 is 1.65 bits per heavy atom. The standard InChI is InChI=1S/C19H18F3N/c1-11-15-8-9-23-18(11)17-10-13(4-7-16(15)17)12-2-5-14(6-3-12)19(20,21)22/h2-7,10-11,15,18,23H,8-9H2,1H3/t11-,15?,18?/m0/s1. The van der Waals surface area contributed by atoms with Gasteiger partial charge in [-0.05, 0) is 65.3 Å². The molecule has 1 nitrogen and oxygen atoms in total. The average Bonchev–Trinajstić information content (AvgIpc) is 2.69. The summed E-state index contributed by atoms with van der Waals surface area (Å²) < 4.78 is 38.1. The molecular formula is C19H18F3N. The first-order valence-corrected chi connectivity index (χ1v) is 8.00. The van der Waals surface area contributed by atoms with Gasteiger partial charge in [-0.3, -0.25) is 0 Å². The minimum atomic E-state index is -4.28. The number of nitrogens with one attached hydrogen (secondary N) is 1. The zero-order chi connectivity index (χ0) is 16.2. The summed E-state index contributed by atoms with van der Waals surface area (Å²) in [6.45, 7) is 3.31. The van der Waals surface area contributed by atoms with Crippen molar-refractivity contribution >= 4 is 0 Å². The molecule has 2 unspecified atom stereocenters. The van der Waals surface area contributed by atoms with Crippen LogP contribution in [0.5, 0.6) is 0 Å². The third-order valence-electron chi connectivity index (χ3n) is 5.35. The lowest BCUT2D eigenvalue weighted by atomic mass is 9.87. The van der Waals surface area contributed by atoms with E-state index < -0.39 is 11.7 Å². The Kier molecular flexibility index (Phi) is 3.27. The summed E-state index contributed by atoms with van der Waals surface area (Å²) in [6, 6.07) is 12.1. The zero-order valence-electron chi connectivity index (χ0n) is 12.8. The first kappa shape index (κ1) is 14.8. The van der Waals surface area contributed by atoms with E-state index in [9.17, 15) is 13.2 Å². The Bertz CT molecular complexity index is 733. The maximum atomic E-state index is 12.7. The van der Waals surface area contributed by atoms with Crippen LogP contribution in [-0.4, -0.2) is 6.54 Å². The monoisotopic (exact) mass is 317 g/mol. The number of rotatable bonds is 1. The van der Waals surface area contributed by atoms with Crippen LogP contribution in [0.25, 0.3) is 11.1 Å². The van der Waals surface area contributed by atoms with Crippen LogP contribution in [0, 0.1) is 5.92 Å². The number of hydrogen-bond acceptors (Lipinski definition) is 1. The van der Waals surface area contributed by atoms with Crippen molar-refractivity contribution in [3.8, 4) is 11.1 Å². The van der Waals surface area contributed by atoms with Gasteiger partial charge in [-0.1, -0.05) is 31.2 Å². The van der Waals surface area contributed by atoms with Crippen molar-refractivity contribution in [2.45, 2.75) is 31.5 Å². The molecule has 23 heavy (non-hydrogen) atoms. The summed E-state index contributed by atoms with van der Waals surface area (Å²) in [4.78, 5) is 0. The highest BCUT2D eigenvalue weighted by atomic mass is 19.4. The summed E-state index contributed by atoms with van der Waals surface area (Å²) in [5.41, 5.74) is 3.93. The molecule has 1 aliphatic carbocycles. The van der Waals surface area contributed by atoms with E-state index in [4.69, 9.17) is 0 Å². The molecule has 2 bridgehead atoms. The van der Waals surface area contributed by atoms with Crippen LogP contribution in [0.1, 0.15) is 42.0 Å². The number of alkyl halides is 3. The quantitative estimate of drug-likeness (QED) is 0.768. The normalized spacial score (nSPS) is 26.2. The van der Waals surface area contributed by atoms with Gasteiger partial charge in [0.05, 0.1) is 5.56 Å². The molecule has 1 N–H and O–H groups in total. The minimum Gasteiger partial charge on any atom is -0.310 e. The van der Waals surface area contributed by atoms with Gasteiger partial charge in [0, 0.05) is 6.04 Å². The fourth-order valence-electron chi connectivity index (χ4n) is 4.12. The molecule has 120 valence electrons. The van der Waals surface area contributed by atoms with Gasteiger partial charge in [0.15, 0.2) is 0 Å². The van der Waals surface area contributed by atoms with Crippen LogP contribution >= 0.6 is 0 Å². The van der Waals surface area contributed by atoms with E-state index in [-0.39, 0.29) is 0 Å². The predicted molar refractivity (Wildman–Crippen MR) is 84.1 cm³/mol. The highest BCUT2D eigenvalue weighted by Crippen LogP contribution is 2.49. The number of benzene rings is 2. The summed E-state index contributed by atoms with van der Waals surface area (Å²) in [7, 11) is 0. The lowest BCUT2D eigenvalue weighted by Gasteiger charge is -2.28. The van der Waals surface area contributed by atoms with Crippen LogP contribution < -0.4 is 5.32 Å². The maximum absolute atomic E-state index is 12.7. The molecule has 1 saturated heterocycles. The summed E-state index contributed by atoms with van der Waals surface area (Å²) in [5.74, 6) is 1.19. The van der Waals surface area contributed by atoms with Crippen LogP contribution in [0.2, 0.25) is 0 Å². The van der Waals surface area contributed by atoms with E-state index >= 15 is 0 Å². The highest BCUT2D eigenvalue weighted by Gasteiger charge is 2.40. The Hall–Kier alpha value is -1.81. The van der Waals surface area contributed by atoms with Gasteiger partial charge in [-0.15, -0.1) is 0 Å². The predicted octanol–water partition coefficient (Wildman–Crippen LogP) is 5.14. The van der Waals surface area contributed by atoms with Crippen molar-refractivity contribution in [2.24, 2.45) is 5.92 Å². The van der Waals surface area contributed by atoms with Gasteiger partial charge in [0.2, 0.25) is 0 Å². The van der Waals surface area contributed by atoms with E-state index in [1.165, 1.54) is 11.1 Å². The molecule has 4 rings (SSSR count). The van der Waals surface area contributed by atoms with Crippen molar-refractivity contribution in [2.75, 3.05) is 6.54 Å². The molecule has 2 aromatic rings. The second kappa shape index (κ2) is 5.10. The molecule has 0 aromatic heterocycles. The maximum Gasteiger partial charge on any atom is 0.416 e. The molecular weight excluding hydrogens is 299 g/mol. The molecule has 1 aliphatic heterocycles. The molecule has 0 spiro atoms. The highest BCUT2D eigenvalue weighted by molar-refractivity contribution is 5.66. The minimum absolute atomic E-state index is 0.373. The van der Waals surface area contributed by atoms with E-state index in [1.807, 2.05) is 6.07 Å². The van der Waals surface area contributed by atoms with E-state index in [2.05, 4.69) is 24.4 Å². The van der Waals surface area contributed by atoms with Crippen molar-refractivity contribution < 1.29 is 13.2 Å². The summed E-state index contributed by atoms with van der Waals surface area (Å²) in [5, 5.41) is 3.58. The molecule has 3 atom stereocenters. The fourth-order valence-corrected chi connectivity index (χ4v) is 4.12. The smallest absolute Gasteiger partial charge is 0.310 e. The van der Waals surface area contributed by atoms with Crippen molar-refractivity contribution in [3.63, 3.8) is 0 Å². The zero-order valence-corrected chi connectivity index (χ0v) is 12.8. The van der Waals surface area contributed by atoms with E-state index in [0.717, 1.165) is 36.2 Å². The van der Waals surface area contributed by atoms with Gasteiger partial charge in [0.1, 0.15) is 0 Å². The van der Waals surface area contributed by atoms with Crippen LogP contribution in [0.3, 0.4) is 0 Å². The van der Waals surface area contributed by atoms with E-state index in [1.54, 1.807) is 12.1 Å². The van der Waals surface area contributed by atoms with Crippen molar-refractivity contribution in [1.82, 2.24) is 5.32 Å². The summed E-state index contributed by atoms with van der Waals surface area (Å²) >= 11 is 0. The lowest BCUT2D eigenvalue weighted by Crippen LogP contribution is -2.31.